The summed E-state index contributed by atoms with van der Waals surface area (Å²) in [5, 5.41) is 44.6. The van der Waals surface area contributed by atoms with Crippen LogP contribution < -0.4 is 0 Å². The van der Waals surface area contributed by atoms with Crippen LogP contribution in [0.15, 0.2) is 4.90 Å². The van der Waals surface area contributed by atoms with Crippen molar-refractivity contribution in [2.24, 2.45) is 0 Å². The summed E-state index contributed by atoms with van der Waals surface area (Å²) in [7, 11) is -5.04. The maximum atomic E-state index is 11.3. The van der Waals surface area contributed by atoms with Gasteiger partial charge < -0.3 is 0 Å². The summed E-state index contributed by atoms with van der Waals surface area (Å²) >= 11 is 0. The van der Waals surface area contributed by atoms with Gasteiger partial charge in [-0.2, -0.15) is 34.7 Å². The van der Waals surface area contributed by atoms with E-state index in [4.69, 9.17) is 30.9 Å². The molecular formula is C11HN5O3S. The van der Waals surface area contributed by atoms with Crippen LogP contribution in [0, 0.1) is 56.7 Å². The molecule has 0 atom stereocenters. The Balaban J connectivity index is 4.38. The standard InChI is InChI=1S/C11HN5O3S/c12-1-6-7(2-13)9(4-15)11(20(17,18)19)10(5-16)8(6)3-14/h(H,17,18,19). The van der Waals surface area contributed by atoms with Crippen LogP contribution in [0.4, 0.5) is 0 Å². The molecule has 0 aromatic heterocycles. The van der Waals surface area contributed by atoms with Gasteiger partial charge in [0.25, 0.3) is 10.1 Å². The Morgan fingerprint density at radius 2 is 0.900 bits per heavy atom. The summed E-state index contributed by atoms with van der Waals surface area (Å²) in [6.45, 7) is 0. The number of rotatable bonds is 1. The summed E-state index contributed by atoms with van der Waals surface area (Å²) in [5.74, 6) is 0. The maximum Gasteiger partial charge on any atom is 0.297 e. The molecule has 1 aromatic rings. The van der Waals surface area contributed by atoms with E-state index in [1.807, 2.05) is 0 Å². The molecular weight excluding hydrogens is 282 g/mol. The van der Waals surface area contributed by atoms with E-state index >= 15 is 0 Å². The summed E-state index contributed by atoms with van der Waals surface area (Å²) in [6, 6.07) is 7.02. The van der Waals surface area contributed by atoms with Gasteiger partial charge in [0.05, 0.1) is 27.8 Å². The fourth-order valence-corrected chi connectivity index (χ4v) is 2.35. The Kier molecular flexibility index (Phi) is 3.71. The molecule has 8 nitrogen and oxygen atoms in total. The fraction of sp³-hybridized carbons (Fsp3) is 0. The van der Waals surface area contributed by atoms with E-state index in [2.05, 4.69) is 0 Å². The van der Waals surface area contributed by atoms with Gasteiger partial charge >= 0.3 is 0 Å². The van der Waals surface area contributed by atoms with Crippen molar-refractivity contribution in [3.8, 4) is 30.3 Å². The van der Waals surface area contributed by atoms with Gasteiger partial charge in [-0.1, -0.05) is 0 Å². The van der Waals surface area contributed by atoms with Crippen LogP contribution in [0.25, 0.3) is 0 Å². The number of hydrogen-bond acceptors (Lipinski definition) is 7. The summed E-state index contributed by atoms with van der Waals surface area (Å²) in [5.41, 5.74) is -3.64. The monoisotopic (exact) mass is 283 g/mol. The van der Waals surface area contributed by atoms with Crippen molar-refractivity contribution in [1.82, 2.24) is 0 Å². The van der Waals surface area contributed by atoms with E-state index in [9.17, 15) is 8.42 Å². The van der Waals surface area contributed by atoms with Crippen LogP contribution in [0.1, 0.15) is 27.8 Å². The first-order chi connectivity index (χ1) is 9.37. The van der Waals surface area contributed by atoms with Crippen LogP contribution in [0.5, 0.6) is 0 Å². The summed E-state index contributed by atoms with van der Waals surface area (Å²) in [4.78, 5) is -1.14. The van der Waals surface area contributed by atoms with Crippen molar-refractivity contribution < 1.29 is 13.0 Å². The molecule has 94 valence electrons. The Bertz CT molecular complexity index is 874. The third kappa shape index (κ3) is 2.01. The number of nitriles is 5. The molecule has 1 rings (SSSR count). The topological polar surface area (TPSA) is 173 Å². The highest BCUT2D eigenvalue weighted by molar-refractivity contribution is 7.86. The first-order valence-corrected chi connectivity index (χ1v) is 6.03. The molecule has 9 heteroatoms. The van der Waals surface area contributed by atoms with Crippen LogP contribution in [0.3, 0.4) is 0 Å². The predicted molar refractivity (Wildman–Crippen MR) is 59.8 cm³/mol. The van der Waals surface area contributed by atoms with E-state index in [0.717, 1.165) is 0 Å². The Morgan fingerprint density at radius 1 is 0.650 bits per heavy atom. The van der Waals surface area contributed by atoms with Crippen LogP contribution in [0.2, 0.25) is 0 Å². The minimum Gasteiger partial charge on any atom is -0.282 e. The van der Waals surface area contributed by atoms with E-state index in [1.54, 1.807) is 0 Å². The Labute approximate surface area is 113 Å². The molecule has 20 heavy (non-hydrogen) atoms. The highest BCUT2D eigenvalue weighted by Crippen LogP contribution is 2.29. The summed E-state index contributed by atoms with van der Waals surface area (Å²) < 4.78 is 31.6. The van der Waals surface area contributed by atoms with Gasteiger partial charge in [-0.15, -0.1) is 0 Å². The smallest absolute Gasteiger partial charge is 0.282 e. The molecule has 0 amide bonds. The predicted octanol–water partition coefficient (Wildman–Crippen LogP) is 0.292. The van der Waals surface area contributed by atoms with Crippen molar-refractivity contribution in [3.63, 3.8) is 0 Å². The van der Waals surface area contributed by atoms with Gasteiger partial charge in [-0.3, -0.25) is 4.55 Å². The Hall–Kier alpha value is -3.42. The minimum atomic E-state index is -5.04. The highest BCUT2D eigenvalue weighted by Gasteiger charge is 2.30. The third-order valence-electron chi connectivity index (χ3n) is 2.27. The maximum absolute atomic E-state index is 11.3. The molecule has 0 aliphatic carbocycles. The lowest BCUT2D eigenvalue weighted by Gasteiger charge is -2.08. The van der Waals surface area contributed by atoms with Gasteiger partial charge in [-0.25, -0.2) is 0 Å². The molecule has 0 fully saturated rings. The van der Waals surface area contributed by atoms with E-state index in [0.29, 0.717) is 0 Å². The molecule has 0 heterocycles. The second-order valence-electron chi connectivity index (χ2n) is 3.24. The first-order valence-electron chi connectivity index (χ1n) is 4.59. The van der Waals surface area contributed by atoms with Crippen molar-refractivity contribution >= 4 is 10.1 Å². The van der Waals surface area contributed by atoms with Crippen molar-refractivity contribution in [3.05, 3.63) is 27.8 Å². The fourth-order valence-electron chi connectivity index (χ4n) is 1.53. The second kappa shape index (κ2) is 5.06. The normalized spacial score (nSPS) is 9.40. The molecule has 0 radical (unpaired) electrons. The second-order valence-corrected chi connectivity index (χ2v) is 4.60. The van der Waals surface area contributed by atoms with Crippen LogP contribution in [-0.2, 0) is 10.1 Å². The van der Waals surface area contributed by atoms with Crippen molar-refractivity contribution in [2.45, 2.75) is 4.90 Å². The number of nitrogens with zero attached hydrogens (tertiary/aromatic N) is 5. The molecule has 1 N–H and O–H groups in total. The lowest BCUT2D eigenvalue weighted by atomic mass is 9.94. The van der Waals surface area contributed by atoms with Crippen LogP contribution >= 0.6 is 0 Å². The minimum absolute atomic E-state index is 0.587. The molecule has 0 unspecified atom stereocenters. The van der Waals surface area contributed by atoms with E-state index < -0.39 is 42.8 Å². The zero-order valence-electron chi connectivity index (χ0n) is 9.41. The van der Waals surface area contributed by atoms with Gasteiger partial charge in [0.15, 0.2) is 0 Å². The molecule has 0 saturated carbocycles. The van der Waals surface area contributed by atoms with Crippen LogP contribution in [-0.4, -0.2) is 13.0 Å². The largest absolute Gasteiger partial charge is 0.297 e. The molecule has 0 saturated heterocycles. The summed E-state index contributed by atoms with van der Waals surface area (Å²) in [6.07, 6.45) is 0. The highest BCUT2D eigenvalue weighted by atomic mass is 32.2. The first kappa shape index (κ1) is 14.6. The lowest BCUT2D eigenvalue weighted by Crippen LogP contribution is -2.11. The van der Waals surface area contributed by atoms with Gasteiger partial charge in [0.2, 0.25) is 0 Å². The third-order valence-corrected chi connectivity index (χ3v) is 3.20. The van der Waals surface area contributed by atoms with Crippen molar-refractivity contribution in [1.29, 1.82) is 26.3 Å². The molecule has 0 aliphatic rings. The molecule has 1 aromatic carbocycles. The average Bonchev–Trinajstić information content (AvgIpc) is 2.42. The van der Waals surface area contributed by atoms with E-state index in [1.165, 1.54) is 30.3 Å². The lowest BCUT2D eigenvalue weighted by molar-refractivity contribution is 0.482. The molecule has 0 spiro atoms. The van der Waals surface area contributed by atoms with Gasteiger partial charge in [-0.05, 0) is 0 Å². The quantitative estimate of drug-likeness (QED) is 0.715. The van der Waals surface area contributed by atoms with Gasteiger partial charge in [0, 0.05) is 0 Å². The zero-order valence-corrected chi connectivity index (χ0v) is 10.2. The Morgan fingerprint density at radius 3 is 1.10 bits per heavy atom. The zero-order chi connectivity index (χ0) is 15.5. The van der Waals surface area contributed by atoms with E-state index in [-0.39, 0.29) is 0 Å². The average molecular weight is 283 g/mol. The molecule has 0 bridgehead atoms. The van der Waals surface area contributed by atoms with Gasteiger partial charge in [0.1, 0.15) is 35.2 Å². The van der Waals surface area contributed by atoms with Crippen molar-refractivity contribution in [2.75, 3.05) is 0 Å². The number of hydrogen-bond donors (Lipinski definition) is 1. The molecule has 0 aliphatic heterocycles. The number of benzene rings is 1. The SMILES string of the molecule is N#Cc1c(C#N)c(C#N)c(S(=O)(=O)O)c(C#N)c1C#N.